The van der Waals surface area contributed by atoms with Crippen molar-refractivity contribution in [2.75, 3.05) is 72.3 Å². The molecule has 2 heterocycles. The predicted molar refractivity (Wildman–Crippen MR) is 158 cm³/mol. The smallest absolute Gasteiger partial charge is 0.142 e. The van der Waals surface area contributed by atoms with Crippen molar-refractivity contribution >= 4 is 5.69 Å². The lowest BCUT2D eigenvalue weighted by Crippen LogP contribution is -2.49. The molecule has 8 nitrogen and oxygen atoms in total. The van der Waals surface area contributed by atoms with Crippen LogP contribution >= 0.6 is 0 Å². The highest BCUT2D eigenvalue weighted by Crippen LogP contribution is 2.36. The van der Waals surface area contributed by atoms with Gasteiger partial charge in [-0.05, 0) is 68.5 Å². The van der Waals surface area contributed by atoms with Gasteiger partial charge in [0.1, 0.15) is 18.1 Å². The zero-order valence-corrected chi connectivity index (χ0v) is 24.9. The molecule has 1 fully saturated rings. The molecule has 2 aromatic rings. The Labute approximate surface area is 240 Å². The van der Waals surface area contributed by atoms with E-state index in [1.165, 1.54) is 5.56 Å². The van der Waals surface area contributed by atoms with Crippen molar-refractivity contribution in [3.63, 3.8) is 0 Å². The zero-order valence-electron chi connectivity index (χ0n) is 24.9. The molecule has 0 radical (unpaired) electrons. The summed E-state index contributed by atoms with van der Waals surface area (Å²) in [5, 5.41) is 3.76. The Morgan fingerprint density at radius 2 is 1.80 bits per heavy atom. The van der Waals surface area contributed by atoms with E-state index in [-0.39, 0.29) is 17.6 Å². The van der Waals surface area contributed by atoms with Crippen molar-refractivity contribution in [2.24, 2.45) is 0 Å². The Morgan fingerprint density at radius 3 is 2.55 bits per heavy atom. The van der Waals surface area contributed by atoms with E-state index in [1.54, 1.807) is 21.3 Å². The minimum absolute atomic E-state index is 0.0484. The first-order valence-electron chi connectivity index (χ1n) is 14.5. The van der Waals surface area contributed by atoms with Crippen LogP contribution in [0.3, 0.4) is 0 Å². The molecule has 0 aliphatic carbocycles. The van der Waals surface area contributed by atoms with E-state index in [4.69, 9.17) is 28.4 Å². The van der Waals surface area contributed by atoms with Gasteiger partial charge in [0.15, 0.2) is 0 Å². The van der Waals surface area contributed by atoms with Crippen molar-refractivity contribution < 1.29 is 28.4 Å². The molecule has 0 saturated carbocycles. The standard InChI is InChI=1S/C32H48N2O6/c1-32(2,40-18-17-36-4)21-26-20-28(25-8-10-27(37-5)11-9-25)31(22-33-26)39-23-24-7-12-30-29(19-24)34(14-16-38-30)13-6-15-35-3/h7-12,19,26,28,31,33H,6,13-18,20-23H2,1-5H3/t26-,28-,31+/m1/s1. The van der Waals surface area contributed by atoms with Gasteiger partial charge in [-0.2, -0.15) is 0 Å². The van der Waals surface area contributed by atoms with Gasteiger partial charge < -0.3 is 38.6 Å². The highest BCUT2D eigenvalue weighted by molar-refractivity contribution is 5.61. The second-order valence-electron chi connectivity index (χ2n) is 11.4. The molecule has 0 aromatic heterocycles. The van der Waals surface area contributed by atoms with E-state index >= 15 is 0 Å². The second-order valence-corrected chi connectivity index (χ2v) is 11.4. The van der Waals surface area contributed by atoms with Gasteiger partial charge >= 0.3 is 0 Å². The number of ether oxygens (including phenoxy) is 6. The average Bonchev–Trinajstić information content (AvgIpc) is 2.96. The topological polar surface area (TPSA) is 70.7 Å². The zero-order chi connectivity index (χ0) is 28.4. The number of nitrogens with zero attached hydrogens (tertiary/aromatic N) is 1. The summed E-state index contributed by atoms with van der Waals surface area (Å²) in [4.78, 5) is 2.39. The van der Waals surface area contributed by atoms with Crippen LogP contribution in [0.1, 0.15) is 50.2 Å². The Balaban J connectivity index is 1.44. The van der Waals surface area contributed by atoms with Gasteiger partial charge in [-0.25, -0.2) is 0 Å². The van der Waals surface area contributed by atoms with Crippen LogP contribution in [0.2, 0.25) is 0 Å². The molecule has 2 aliphatic heterocycles. The second kappa shape index (κ2) is 15.0. The quantitative estimate of drug-likeness (QED) is 0.314. The van der Waals surface area contributed by atoms with Crippen LogP contribution in [0.5, 0.6) is 11.5 Å². The first kappa shape index (κ1) is 30.6. The largest absolute Gasteiger partial charge is 0.497 e. The van der Waals surface area contributed by atoms with E-state index < -0.39 is 0 Å². The van der Waals surface area contributed by atoms with E-state index in [9.17, 15) is 0 Å². The highest BCUT2D eigenvalue weighted by Gasteiger charge is 2.35. The number of benzene rings is 2. The third kappa shape index (κ3) is 8.57. The van der Waals surface area contributed by atoms with Crippen LogP contribution in [-0.2, 0) is 25.6 Å². The molecule has 0 bridgehead atoms. The average molecular weight is 557 g/mol. The first-order valence-corrected chi connectivity index (χ1v) is 14.5. The van der Waals surface area contributed by atoms with Crippen LogP contribution in [-0.4, -0.2) is 85.1 Å². The maximum atomic E-state index is 6.65. The van der Waals surface area contributed by atoms with Crippen molar-refractivity contribution in [3.8, 4) is 11.5 Å². The first-order chi connectivity index (χ1) is 19.4. The summed E-state index contributed by atoms with van der Waals surface area (Å²) >= 11 is 0. The van der Waals surface area contributed by atoms with Gasteiger partial charge in [0.2, 0.25) is 0 Å². The van der Waals surface area contributed by atoms with Crippen LogP contribution in [0, 0.1) is 0 Å². The lowest BCUT2D eigenvalue weighted by atomic mass is 9.81. The SMILES string of the molecule is COCCCN1CCOc2ccc(CO[C@H]3CN[C@@H](CC(C)(C)OCCOC)C[C@@H]3c3ccc(OC)cc3)cc21. The number of nitrogens with one attached hydrogen (secondary N) is 1. The fourth-order valence-electron chi connectivity index (χ4n) is 5.80. The van der Waals surface area contributed by atoms with Crippen LogP contribution in [0.4, 0.5) is 5.69 Å². The number of rotatable bonds is 15. The Bertz CT molecular complexity index is 1030. The number of hydrogen-bond donors (Lipinski definition) is 1. The maximum Gasteiger partial charge on any atom is 0.142 e. The predicted octanol–water partition coefficient (Wildman–Crippen LogP) is 4.79. The molecule has 2 aromatic carbocycles. The summed E-state index contributed by atoms with van der Waals surface area (Å²) in [5.41, 5.74) is 3.34. The summed E-state index contributed by atoms with van der Waals surface area (Å²) in [6.45, 7) is 10.2. The molecule has 222 valence electrons. The molecular weight excluding hydrogens is 508 g/mol. The number of piperidine rings is 1. The molecule has 0 unspecified atom stereocenters. The Hall–Kier alpha value is -2.36. The normalized spacial score (nSPS) is 21.1. The van der Waals surface area contributed by atoms with Gasteiger partial charge in [-0.15, -0.1) is 0 Å². The summed E-state index contributed by atoms with van der Waals surface area (Å²) in [7, 11) is 5.16. The number of methoxy groups -OCH3 is 3. The Morgan fingerprint density at radius 1 is 1.00 bits per heavy atom. The van der Waals surface area contributed by atoms with Gasteiger partial charge in [0.05, 0.1) is 50.9 Å². The van der Waals surface area contributed by atoms with E-state index in [0.29, 0.717) is 32.5 Å². The molecule has 4 rings (SSSR count). The molecular formula is C32H48N2O6. The molecule has 40 heavy (non-hydrogen) atoms. The Kier molecular flexibility index (Phi) is 11.5. The molecule has 2 aliphatic rings. The van der Waals surface area contributed by atoms with E-state index in [2.05, 4.69) is 54.4 Å². The third-order valence-corrected chi connectivity index (χ3v) is 7.88. The molecule has 1 saturated heterocycles. The molecule has 0 spiro atoms. The molecule has 8 heteroatoms. The third-order valence-electron chi connectivity index (χ3n) is 7.88. The number of fused-ring (bicyclic) bond motifs is 1. The van der Waals surface area contributed by atoms with Crippen molar-refractivity contribution in [2.45, 2.75) is 63.4 Å². The van der Waals surface area contributed by atoms with Crippen LogP contribution in [0.15, 0.2) is 42.5 Å². The molecule has 0 amide bonds. The van der Waals surface area contributed by atoms with Gasteiger partial charge in [0, 0.05) is 45.9 Å². The minimum Gasteiger partial charge on any atom is -0.497 e. The lowest BCUT2D eigenvalue weighted by Gasteiger charge is -2.40. The molecule has 1 N–H and O–H groups in total. The fourth-order valence-corrected chi connectivity index (χ4v) is 5.80. The summed E-state index contributed by atoms with van der Waals surface area (Å²) in [6, 6.07) is 15.2. The lowest BCUT2D eigenvalue weighted by molar-refractivity contribution is -0.0572. The van der Waals surface area contributed by atoms with Crippen molar-refractivity contribution in [1.29, 1.82) is 0 Å². The minimum atomic E-state index is -0.241. The summed E-state index contributed by atoms with van der Waals surface area (Å²) in [5.74, 6) is 2.07. The van der Waals surface area contributed by atoms with Gasteiger partial charge in [-0.1, -0.05) is 18.2 Å². The fraction of sp³-hybridized carbons (Fsp3) is 0.625. The number of anilines is 1. The van der Waals surface area contributed by atoms with Gasteiger partial charge in [-0.3, -0.25) is 0 Å². The molecule has 3 atom stereocenters. The summed E-state index contributed by atoms with van der Waals surface area (Å²) in [6.07, 6.45) is 2.93. The van der Waals surface area contributed by atoms with Crippen molar-refractivity contribution in [3.05, 3.63) is 53.6 Å². The monoisotopic (exact) mass is 556 g/mol. The van der Waals surface area contributed by atoms with Crippen LogP contribution in [0.25, 0.3) is 0 Å². The van der Waals surface area contributed by atoms with E-state index in [1.807, 2.05) is 12.1 Å². The van der Waals surface area contributed by atoms with Crippen molar-refractivity contribution in [1.82, 2.24) is 5.32 Å². The number of hydrogen-bond acceptors (Lipinski definition) is 8. The van der Waals surface area contributed by atoms with Gasteiger partial charge in [0.25, 0.3) is 0 Å². The summed E-state index contributed by atoms with van der Waals surface area (Å²) < 4.78 is 34.6. The maximum absolute atomic E-state index is 6.65. The van der Waals surface area contributed by atoms with E-state index in [0.717, 1.165) is 68.3 Å². The highest BCUT2D eigenvalue weighted by atomic mass is 16.5. The van der Waals surface area contributed by atoms with Crippen LogP contribution < -0.4 is 19.7 Å².